The summed E-state index contributed by atoms with van der Waals surface area (Å²) in [5.41, 5.74) is -0.564. The zero-order valence-corrected chi connectivity index (χ0v) is 25.1. The largest absolute Gasteiger partial charge is 0.465 e. The molecule has 1 saturated heterocycles. The van der Waals surface area contributed by atoms with E-state index in [1.54, 1.807) is 30.2 Å². The van der Waals surface area contributed by atoms with Crippen molar-refractivity contribution in [2.24, 2.45) is 11.8 Å². The van der Waals surface area contributed by atoms with E-state index in [1.165, 1.54) is 0 Å². The molecule has 0 radical (unpaired) electrons. The molecule has 238 valence electrons. The highest BCUT2D eigenvalue weighted by atomic mass is 35.5. The number of aliphatic hydroxyl groups is 1. The number of hydrogen-bond donors (Lipinski definition) is 3. The highest BCUT2D eigenvalue weighted by molar-refractivity contribution is 6.30. The molecular formula is C30H45ClF3N3O5. The number of hydrogen-bond acceptors (Lipinski definition) is 4. The molecular weight excluding hydrogens is 575 g/mol. The number of rotatable bonds is 13. The van der Waals surface area contributed by atoms with Crippen LogP contribution in [0.3, 0.4) is 0 Å². The Morgan fingerprint density at radius 2 is 1.90 bits per heavy atom. The number of likely N-dealkylation sites (tertiary alicyclic amines) is 1. The van der Waals surface area contributed by atoms with Crippen molar-refractivity contribution in [2.45, 2.75) is 88.4 Å². The quantitative estimate of drug-likeness (QED) is 0.215. The highest BCUT2D eigenvalue weighted by Gasteiger charge is 2.42. The molecule has 12 heteroatoms. The SMILES string of the molecule is COCCCC[C@@](O)(c1cccc(Cl)c1)[C@@H]1CCCN(C(=O)N[C@H](CC2CCCCC2)CN(CC(F)(F)F)C(=O)O)C1. The van der Waals surface area contributed by atoms with Crippen LogP contribution in [0.4, 0.5) is 22.8 Å². The summed E-state index contributed by atoms with van der Waals surface area (Å²) in [6, 6.07) is 5.89. The molecule has 1 aromatic rings. The maximum atomic E-state index is 13.6. The van der Waals surface area contributed by atoms with Crippen LogP contribution in [-0.2, 0) is 10.3 Å². The lowest BCUT2D eigenvalue weighted by molar-refractivity contribution is -0.142. The van der Waals surface area contributed by atoms with Gasteiger partial charge >= 0.3 is 18.3 Å². The van der Waals surface area contributed by atoms with E-state index in [1.807, 2.05) is 6.07 Å². The van der Waals surface area contributed by atoms with Crippen LogP contribution < -0.4 is 5.32 Å². The van der Waals surface area contributed by atoms with E-state index in [2.05, 4.69) is 5.32 Å². The molecule has 1 aliphatic carbocycles. The van der Waals surface area contributed by atoms with Crippen LogP contribution in [0.5, 0.6) is 0 Å². The van der Waals surface area contributed by atoms with Crippen LogP contribution in [-0.4, -0.2) is 84.3 Å². The molecule has 0 bridgehead atoms. The molecule has 2 fully saturated rings. The van der Waals surface area contributed by atoms with Crippen LogP contribution in [0.15, 0.2) is 24.3 Å². The lowest BCUT2D eigenvalue weighted by atomic mass is 9.74. The van der Waals surface area contributed by atoms with Crippen molar-refractivity contribution in [2.75, 3.05) is 39.9 Å². The lowest BCUT2D eigenvalue weighted by Crippen LogP contribution is -2.55. The number of carbonyl (C=O) groups is 2. The second-order valence-electron chi connectivity index (χ2n) is 11.8. The van der Waals surface area contributed by atoms with Gasteiger partial charge in [0.2, 0.25) is 0 Å². The molecule has 0 spiro atoms. The summed E-state index contributed by atoms with van der Waals surface area (Å²) in [7, 11) is 1.63. The molecule has 1 aromatic carbocycles. The maximum absolute atomic E-state index is 13.6. The van der Waals surface area contributed by atoms with Gasteiger partial charge in [0.1, 0.15) is 6.54 Å². The van der Waals surface area contributed by atoms with Gasteiger partial charge in [-0.15, -0.1) is 0 Å². The van der Waals surface area contributed by atoms with Crippen molar-refractivity contribution >= 4 is 23.7 Å². The maximum Gasteiger partial charge on any atom is 0.407 e. The molecule has 3 atom stereocenters. The molecule has 0 unspecified atom stereocenters. The first kappa shape index (κ1) is 34.3. The van der Waals surface area contributed by atoms with Gasteiger partial charge in [-0.1, -0.05) is 55.8 Å². The summed E-state index contributed by atoms with van der Waals surface area (Å²) in [6.07, 6.45) is 2.21. The standard InChI is InChI=1S/C30H45ClF3N3O5/c1-42-16-6-5-14-29(41,23-11-7-13-25(31)18-23)24-12-8-15-36(19-24)27(38)35-26(17-22-9-3-2-4-10-22)20-37(28(39)40)21-30(32,33)34/h7,11,13,18,22,24,26,41H,2-6,8-10,12,14-17,19-21H2,1H3,(H,35,38)(H,39,40)/t24-,26-,29-/m1/s1. The van der Waals surface area contributed by atoms with Gasteiger partial charge in [0.15, 0.2) is 0 Å². The minimum atomic E-state index is -4.69. The zero-order chi connectivity index (χ0) is 30.8. The Balaban J connectivity index is 1.76. The van der Waals surface area contributed by atoms with Gasteiger partial charge in [0.05, 0.1) is 5.60 Å². The summed E-state index contributed by atoms with van der Waals surface area (Å²) in [5, 5.41) is 25.0. The number of nitrogens with zero attached hydrogens (tertiary/aromatic N) is 2. The Labute approximate surface area is 251 Å². The number of unbranched alkanes of at least 4 members (excludes halogenated alkanes) is 1. The molecule has 1 saturated carbocycles. The van der Waals surface area contributed by atoms with Crippen LogP contribution in [0.1, 0.15) is 76.2 Å². The summed E-state index contributed by atoms with van der Waals surface area (Å²) in [4.78, 5) is 27.2. The second-order valence-corrected chi connectivity index (χ2v) is 12.3. The van der Waals surface area contributed by atoms with Gasteiger partial charge in [0.25, 0.3) is 0 Å². The minimum absolute atomic E-state index is 0.208. The first-order chi connectivity index (χ1) is 19.9. The summed E-state index contributed by atoms with van der Waals surface area (Å²) >= 11 is 6.27. The third-order valence-corrected chi connectivity index (χ3v) is 8.85. The predicted octanol–water partition coefficient (Wildman–Crippen LogP) is 6.65. The number of benzene rings is 1. The zero-order valence-electron chi connectivity index (χ0n) is 24.4. The number of carboxylic acid groups (broad SMARTS) is 1. The molecule has 2 aliphatic rings. The Kier molecular flexibility index (Phi) is 13.1. The third kappa shape index (κ3) is 10.5. The number of urea groups is 1. The number of carbonyl (C=O) groups excluding carboxylic acids is 1. The van der Waals surface area contributed by atoms with Gasteiger partial charge in [-0.2, -0.15) is 13.2 Å². The fourth-order valence-electron chi connectivity index (χ4n) is 6.50. The molecule has 3 N–H and O–H groups in total. The number of ether oxygens (including phenoxy) is 1. The summed E-state index contributed by atoms with van der Waals surface area (Å²) in [5.74, 6) is -0.0877. The molecule has 0 aromatic heterocycles. The summed E-state index contributed by atoms with van der Waals surface area (Å²) < 4.78 is 44.6. The number of alkyl halides is 3. The Morgan fingerprint density at radius 3 is 2.55 bits per heavy atom. The lowest BCUT2D eigenvalue weighted by Gasteiger charge is -2.43. The number of halogens is 4. The second kappa shape index (κ2) is 16.0. The third-order valence-electron chi connectivity index (χ3n) is 8.62. The summed E-state index contributed by atoms with van der Waals surface area (Å²) in [6.45, 7) is -0.796. The van der Waals surface area contributed by atoms with E-state index in [-0.39, 0.29) is 18.4 Å². The highest BCUT2D eigenvalue weighted by Crippen LogP contribution is 2.40. The van der Waals surface area contributed by atoms with Crippen molar-refractivity contribution in [3.8, 4) is 0 Å². The van der Waals surface area contributed by atoms with Gasteiger partial charge in [-0.25, -0.2) is 9.59 Å². The van der Waals surface area contributed by atoms with E-state index in [4.69, 9.17) is 16.3 Å². The fourth-order valence-corrected chi connectivity index (χ4v) is 6.69. The molecule has 1 aliphatic heterocycles. The Bertz CT molecular complexity index is 1010. The van der Waals surface area contributed by atoms with Crippen LogP contribution in [0.25, 0.3) is 0 Å². The Hall–Kier alpha value is -2.24. The van der Waals surface area contributed by atoms with Gasteiger partial charge in [-0.3, -0.25) is 4.90 Å². The van der Waals surface area contributed by atoms with E-state index >= 15 is 0 Å². The average Bonchev–Trinajstić information content (AvgIpc) is 2.94. The molecule has 3 rings (SSSR count). The van der Waals surface area contributed by atoms with Gasteiger partial charge < -0.3 is 25.2 Å². The fraction of sp³-hybridized carbons (Fsp3) is 0.733. The first-order valence-corrected chi connectivity index (χ1v) is 15.4. The Morgan fingerprint density at radius 1 is 1.17 bits per heavy atom. The van der Waals surface area contributed by atoms with E-state index in [0.29, 0.717) is 60.7 Å². The number of piperidine rings is 1. The van der Waals surface area contributed by atoms with Crippen LogP contribution in [0, 0.1) is 11.8 Å². The van der Waals surface area contributed by atoms with Crippen LogP contribution >= 0.6 is 11.6 Å². The average molecular weight is 620 g/mol. The molecule has 3 amide bonds. The minimum Gasteiger partial charge on any atom is -0.465 e. The van der Waals surface area contributed by atoms with Crippen molar-refractivity contribution in [1.29, 1.82) is 0 Å². The van der Waals surface area contributed by atoms with E-state index in [0.717, 1.165) is 38.5 Å². The smallest absolute Gasteiger partial charge is 0.407 e. The monoisotopic (exact) mass is 619 g/mol. The molecule has 8 nitrogen and oxygen atoms in total. The van der Waals surface area contributed by atoms with E-state index < -0.39 is 43.0 Å². The predicted molar refractivity (Wildman–Crippen MR) is 155 cm³/mol. The van der Waals surface area contributed by atoms with Crippen molar-refractivity contribution in [1.82, 2.24) is 15.1 Å². The normalized spacial score (nSPS) is 20.5. The number of nitrogens with one attached hydrogen (secondary N) is 1. The van der Waals surface area contributed by atoms with Crippen molar-refractivity contribution in [3.63, 3.8) is 0 Å². The molecule has 42 heavy (non-hydrogen) atoms. The molecule has 1 heterocycles. The number of methoxy groups -OCH3 is 1. The topological polar surface area (TPSA) is 102 Å². The van der Waals surface area contributed by atoms with Gasteiger partial charge in [0, 0.05) is 50.3 Å². The van der Waals surface area contributed by atoms with Crippen molar-refractivity contribution in [3.05, 3.63) is 34.9 Å². The van der Waals surface area contributed by atoms with Crippen LogP contribution in [0.2, 0.25) is 5.02 Å². The first-order valence-electron chi connectivity index (χ1n) is 15.0. The number of amides is 3. The van der Waals surface area contributed by atoms with Gasteiger partial charge in [-0.05, 0) is 62.1 Å². The van der Waals surface area contributed by atoms with Crippen molar-refractivity contribution < 1.29 is 37.7 Å². The van der Waals surface area contributed by atoms with E-state index in [9.17, 15) is 33.0 Å².